The summed E-state index contributed by atoms with van der Waals surface area (Å²) in [4.78, 5) is 37.8. The van der Waals surface area contributed by atoms with Crippen LogP contribution in [0.1, 0.15) is 27.4 Å². The molecule has 9 heteroatoms. The van der Waals surface area contributed by atoms with Crippen LogP contribution in [0.25, 0.3) is 4.96 Å². The van der Waals surface area contributed by atoms with Crippen LogP contribution in [0.4, 0.5) is 0 Å². The highest BCUT2D eigenvalue weighted by atomic mass is 32.1. The molecule has 3 aromatic heterocycles. The smallest absolute Gasteiger partial charge is 0.265 e. The number of aromatic nitrogens is 3. The van der Waals surface area contributed by atoms with Crippen molar-refractivity contribution >= 4 is 39.4 Å². The standard InChI is InChI=1S/C18H19N5O2S2/c24-16(5-14-6-19-10-26-14)21-13-3-11-7-23(8-12(11)4-13)17(25)15-9-22-2-1-20-18(22)27-15/h1-2,6,9-13H,3-5,7-8H2,(H,21,24). The number of imidazole rings is 1. The second-order valence-electron chi connectivity index (χ2n) is 7.32. The van der Waals surface area contributed by atoms with Crippen LogP contribution >= 0.6 is 22.7 Å². The predicted octanol–water partition coefficient (Wildman–Crippen LogP) is 2.06. The summed E-state index contributed by atoms with van der Waals surface area (Å²) >= 11 is 2.95. The second kappa shape index (κ2) is 6.72. The average Bonchev–Trinajstić information content (AvgIpc) is 3.39. The largest absolute Gasteiger partial charge is 0.353 e. The number of thiazole rings is 2. The van der Waals surface area contributed by atoms with Gasteiger partial charge in [-0.1, -0.05) is 11.3 Å². The zero-order valence-electron chi connectivity index (χ0n) is 14.6. The topological polar surface area (TPSA) is 79.6 Å². The van der Waals surface area contributed by atoms with Gasteiger partial charge < -0.3 is 10.2 Å². The van der Waals surface area contributed by atoms with E-state index in [2.05, 4.69) is 15.3 Å². The maximum Gasteiger partial charge on any atom is 0.265 e. The Labute approximate surface area is 164 Å². The van der Waals surface area contributed by atoms with Crippen molar-refractivity contribution in [3.63, 3.8) is 0 Å². The first-order valence-electron chi connectivity index (χ1n) is 9.04. The lowest BCUT2D eigenvalue weighted by Crippen LogP contribution is -2.36. The summed E-state index contributed by atoms with van der Waals surface area (Å²) in [7, 11) is 0. The van der Waals surface area contributed by atoms with Crippen molar-refractivity contribution < 1.29 is 9.59 Å². The number of fused-ring (bicyclic) bond motifs is 2. The minimum absolute atomic E-state index is 0.0686. The molecule has 2 aliphatic rings. The third-order valence-corrected chi connectivity index (χ3v) is 7.30. The summed E-state index contributed by atoms with van der Waals surface area (Å²) in [5.41, 5.74) is 1.75. The van der Waals surface area contributed by atoms with Gasteiger partial charge in [-0.3, -0.25) is 19.0 Å². The molecule has 140 valence electrons. The quantitative estimate of drug-likeness (QED) is 0.726. The minimum atomic E-state index is 0.0686. The Bertz CT molecular complexity index is 937. The Morgan fingerprint density at radius 3 is 2.78 bits per heavy atom. The molecular weight excluding hydrogens is 382 g/mol. The first-order chi connectivity index (χ1) is 13.2. The summed E-state index contributed by atoms with van der Waals surface area (Å²) in [5.74, 6) is 1.13. The molecule has 1 saturated heterocycles. The van der Waals surface area contributed by atoms with Gasteiger partial charge >= 0.3 is 0 Å². The lowest BCUT2D eigenvalue weighted by molar-refractivity contribution is -0.121. The molecule has 0 bridgehead atoms. The van der Waals surface area contributed by atoms with Crippen molar-refractivity contribution in [1.29, 1.82) is 0 Å². The van der Waals surface area contributed by atoms with E-state index in [1.807, 2.05) is 21.7 Å². The minimum Gasteiger partial charge on any atom is -0.353 e. The summed E-state index contributed by atoms with van der Waals surface area (Å²) in [6, 6.07) is 0.225. The zero-order valence-corrected chi connectivity index (χ0v) is 16.2. The molecule has 1 saturated carbocycles. The molecule has 2 unspecified atom stereocenters. The van der Waals surface area contributed by atoms with E-state index in [1.165, 1.54) is 22.7 Å². The Balaban J connectivity index is 1.16. The van der Waals surface area contributed by atoms with Crippen LogP contribution in [0.2, 0.25) is 0 Å². The Morgan fingerprint density at radius 1 is 1.26 bits per heavy atom. The number of nitrogens with zero attached hydrogens (tertiary/aromatic N) is 4. The fourth-order valence-electron chi connectivity index (χ4n) is 4.33. The van der Waals surface area contributed by atoms with E-state index >= 15 is 0 Å². The molecule has 27 heavy (non-hydrogen) atoms. The van der Waals surface area contributed by atoms with Gasteiger partial charge in [0.05, 0.1) is 11.9 Å². The summed E-state index contributed by atoms with van der Waals surface area (Å²) in [6.07, 6.45) is 9.53. The summed E-state index contributed by atoms with van der Waals surface area (Å²) in [5, 5.41) is 3.16. The lowest BCUT2D eigenvalue weighted by Gasteiger charge is -2.19. The fraction of sp³-hybridized carbons (Fsp3) is 0.444. The number of likely N-dealkylation sites (tertiary alicyclic amines) is 1. The molecule has 1 N–H and O–H groups in total. The molecule has 2 amide bonds. The van der Waals surface area contributed by atoms with E-state index in [9.17, 15) is 9.59 Å². The van der Waals surface area contributed by atoms with Crippen LogP contribution in [0.3, 0.4) is 0 Å². The van der Waals surface area contributed by atoms with Gasteiger partial charge in [-0.05, 0) is 24.7 Å². The van der Waals surface area contributed by atoms with Crippen LogP contribution in [0.15, 0.2) is 30.3 Å². The van der Waals surface area contributed by atoms with Crippen LogP contribution in [-0.4, -0.2) is 50.2 Å². The van der Waals surface area contributed by atoms with Crippen molar-refractivity contribution in [2.45, 2.75) is 25.3 Å². The van der Waals surface area contributed by atoms with Crippen molar-refractivity contribution in [3.05, 3.63) is 40.1 Å². The average molecular weight is 402 g/mol. The molecule has 0 radical (unpaired) electrons. The van der Waals surface area contributed by atoms with Gasteiger partial charge in [0.1, 0.15) is 4.88 Å². The maximum atomic E-state index is 12.8. The number of rotatable bonds is 4. The van der Waals surface area contributed by atoms with Crippen molar-refractivity contribution in [3.8, 4) is 0 Å². The number of carbonyl (C=O) groups excluding carboxylic acids is 2. The van der Waals surface area contributed by atoms with E-state index in [0.717, 1.165) is 40.6 Å². The van der Waals surface area contributed by atoms with Gasteiger partial charge in [-0.2, -0.15) is 0 Å². The van der Waals surface area contributed by atoms with Gasteiger partial charge in [0.2, 0.25) is 5.91 Å². The van der Waals surface area contributed by atoms with Crippen molar-refractivity contribution in [2.75, 3.05) is 13.1 Å². The molecule has 1 aliphatic heterocycles. The van der Waals surface area contributed by atoms with Gasteiger partial charge in [0.15, 0.2) is 4.96 Å². The Kier molecular flexibility index (Phi) is 4.20. The predicted molar refractivity (Wildman–Crippen MR) is 103 cm³/mol. The number of amides is 2. The SMILES string of the molecule is O=C(Cc1cncs1)NC1CC2CN(C(=O)c3cn4ccnc4s3)CC2C1. The highest BCUT2D eigenvalue weighted by Gasteiger charge is 2.43. The molecule has 5 rings (SSSR count). The van der Waals surface area contributed by atoms with E-state index in [-0.39, 0.29) is 17.9 Å². The van der Waals surface area contributed by atoms with Gasteiger partial charge in [0.25, 0.3) is 5.91 Å². The third-order valence-electron chi connectivity index (χ3n) is 5.52. The Hall–Kier alpha value is -2.26. The zero-order chi connectivity index (χ0) is 18.4. The van der Waals surface area contributed by atoms with E-state index in [1.54, 1.807) is 17.9 Å². The molecule has 2 atom stereocenters. The van der Waals surface area contributed by atoms with Crippen molar-refractivity contribution in [1.82, 2.24) is 24.6 Å². The van der Waals surface area contributed by atoms with Crippen LogP contribution in [0, 0.1) is 11.8 Å². The molecule has 0 spiro atoms. The molecule has 1 aliphatic carbocycles. The summed E-state index contributed by atoms with van der Waals surface area (Å²) < 4.78 is 1.89. The number of nitrogens with one attached hydrogen (secondary N) is 1. The molecule has 3 aromatic rings. The highest BCUT2D eigenvalue weighted by Crippen LogP contribution is 2.39. The first-order valence-corrected chi connectivity index (χ1v) is 10.7. The molecular formula is C18H19N5O2S2. The third kappa shape index (κ3) is 3.25. The first kappa shape index (κ1) is 16.9. The van der Waals surface area contributed by atoms with E-state index in [0.29, 0.717) is 18.3 Å². The van der Waals surface area contributed by atoms with Gasteiger partial charge in [-0.15, -0.1) is 11.3 Å². The second-order valence-corrected chi connectivity index (χ2v) is 9.30. The fourth-order valence-corrected chi connectivity index (χ4v) is 5.84. The van der Waals surface area contributed by atoms with Crippen molar-refractivity contribution in [2.24, 2.45) is 11.8 Å². The van der Waals surface area contributed by atoms with Crippen LogP contribution < -0.4 is 5.32 Å². The molecule has 0 aromatic carbocycles. The molecule has 2 fully saturated rings. The van der Waals surface area contributed by atoms with Gasteiger partial charge in [-0.25, -0.2) is 4.98 Å². The normalized spacial score (nSPS) is 24.4. The number of carbonyl (C=O) groups is 2. The lowest BCUT2D eigenvalue weighted by atomic mass is 10.0. The van der Waals surface area contributed by atoms with E-state index < -0.39 is 0 Å². The Morgan fingerprint density at radius 2 is 2.07 bits per heavy atom. The maximum absolute atomic E-state index is 12.8. The van der Waals surface area contributed by atoms with Crippen LogP contribution in [0.5, 0.6) is 0 Å². The number of hydrogen-bond acceptors (Lipinski definition) is 6. The summed E-state index contributed by atoms with van der Waals surface area (Å²) in [6.45, 7) is 1.57. The molecule has 4 heterocycles. The van der Waals surface area contributed by atoms with Gasteiger partial charge in [0, 0.05) is 48.8 Å². The monoisotopic (exact) mass is 401 g/mol. The molecule has 7 nitrogen and oxygen atoms in total. The van der Waals surface area contributed by atoms with Crippen LogP contribution in [-0.2, 0) is 11.2 Å². The number of hydrogen-bond donors (Lipinski definition) is 1. The highest BCUT2D eigenvalue weighted by molar-refractivity contribution is 7.18. The van der Waals surface area contributed by atoms with E-state index in [4.69, 9.17) is 0 Å².